The molecular formula is C16H14N2O2S. The van der Waals surface area contributed by atoms with E-state index in [1.165, 1.54) is 11.3 Å². The summed E-state index contributed by atoms with van der Waals surface area (Å²) in [4.78, 5) is 20.8. The zero-order valence-electron chi connectivity index (χ0n) is 11.6. The number of ether oxygens (including phenoxy) is 1. The number of fused-ring (bicyclic) bond motifs is 1. The van der Waals surface area contributed by atoms with Crippen LogP contribution in [0.2, 0.25) is 0 Å². The lowest BCUT2D eigenvalue weighted by atomic mass is 10.1. The fourth-order valence-electron chi connectivity index (χ4n) is 2.50. The average molecular weight is 298 g/mol. The van der Waals surface area contributed by atoms with Crippen LogP contribution in [0.1, 0.15) is 24.6 Å². The van der Waals surface area contributed by atoms with Crippen LogP contribution in [0.3, 0.4) is 0 Å². The Kier molecular flexibility index (Phi) is 2.82. The van der Waals surface area contributed by atoms with Crippen molar-refractivity contribution >= 4 is 21.6 Å². The number of nitrogens with one attached hydrogen (secondary N) is 1. The second-order valence-electron chi connectivity index (χ2n) is 5.28. The van der Waals surface area contributed by atoms with Crippen LogP contribution >= 0.6 is 11.3 Å². The largest absolute Gasteiger partial charge is 0.497 e. The van der Waals surface area contributed by atoms with Gasteiger partial charge in [0.2, 0.25) is 0 Å². The Morgan fingerprint density at radius 3 is 2.71 bits per heavy atom. The van der Waals surface area contributed by atoms with Crippen LogP contribution in [-0.2, 0) is 0 Å². The van der Waals surface area contributed by atoms with E-state index in [1.807, 2.05) is 29.6 Å². The van der Waals surface area contributed by atoms with E-state index in [9.17, 15) is 4.79 Å². The molecule has 0 bridgehead atoms. The van der Waals surface area contributed by atoms with Crippen LogP contribution < -0.4 is 10.3 Å². The van der Waals surface area contributed by atoms with Crippen molar-refractivity contribution in [3.05, 3.63) is 45.8 Å². The Bertz CT molecular complexity index is 860. The molecule has 21 heavy (non-hydrogen) atoms. The molecule has 3 aromatic rings. The molecule has 0 amide bonds. The van der Waals surface area contributed by atoms with Crippen LogP contribution in [0.25, 0.3) is 21.3 Å². The predicted molar refractivity (Wildman–Crippen MR) is 84.2 cm³/mol. The number of aromatic nitrogens is 2. The van der Waals surface area contributed by atoms with Crippen LogP contribution in [0, 0.1) is 0 Å². The minimum atomic E-state index is -0.0334. The Hall–Kier alpha value is -2.14. The highest BCUT2D eigenvalue weighted by Crippen LogP contribution is 2.39. The van der Waals surface area contributed by atoms with Crippen LogP contribution in [0.5, 0.6) is 5.75 Å². The number of nitrogens with zero attached hydrogens (tertiary/aromatic N) is 1. The molecule has 1 N–H and O–H groups in total. The molecule has 0 spiro atoms. The Morgan fingerprint density at radius 1 is 1.29 bits per heavy atom. The van der Waals surface area contributed by atoms with E-state index in [2.05, 4.69) is 9.97 Å². The lowest BCUT2D eigenvalue weighted by Gasteiger charge is -2.03. The monoisotopic (exact) mass is 298 g/mol. The Balaban J connectivity index is 1.87. The fraction of sp³-hybridized carbons (Fsp3) is 0.250. The first-order valence-electron chi connectivity index (χ1n) is 6.92. The van der Waals surface area contributed by atoms with Gasteiger partial charge in [-0.1, -0.05) is 12.1 Å². The van der Waals surface area contributed by atoms with Crippen LogP contribution in [0.4, 0.5) is 0 Å². The smallest absolute Gasteiger partial charge is 0.260 e. The van der Waals surface area contributed by atoms with Gasteiger partial charge in [-0.2, -0.15) is 0 Å². The van der Waals surface area contributed by atoms with Gasteiger partial charge in [0.1, 0.15) is 16.4 Å². The maximum Gasteiger partial charge on any atom is 0.260 e. The van der Waals surface area contributed by atoms with Gasteiger partial charge < -0.3 is 9.72 Å². The highest BCUT2D eigenvalue weighted by atomic mass is 32.1. The molecule has 0 atom stereocenters. The van der Waals surface area contributed by atoms with Crippen molar-refractivity contribution in [1.82, 2.24) is 9.97 Å². The van der Waals surface area contributed by atoms with Gasteiger partial charge in [0.15, 0.2) is 0 Å². The normalized spacial score (nSPS) is 14.5. The number of rotatable bonds is 3. The summed E-state index contributed by atoms with van der Waals surface area (Å²) in [5.74, 6) is 2.10. The molecule has 4 rings (SSSR count). The van der Waals surface area contributed by atoms with E-state index in [-0.39, 0.29) is 5.56 Å². The zero-order valence-corrected chi connectivity index (χ0v) is 12.4. The summed E-state index contributed by atoms with van der Waals surface area (Å²) in [6.45, 7) is 0. The summed E-state index contributed by atoms with van der Waals surface area (Å²) in [5.41, 5.74) is 1.91. The number of hydrogen-bond donors (Lipinski definition) is 1. The molecule has 1 saturated carbocycles. The van der Waals surface area contributed by atoms with Gasteiger partial charge in [0.05, 0.1) is 12.5 Å². The van der Waals surface area contributed by atoms with Crippen LogP contribution in [-0.4, -0.2) is 17.1 Å². The first-order valence-corrected chi connectivity index (χ1v) is 7.80. The third-order valence-electron chi connectivity index (χ3n) is 3.83. The molecule has 2 heterocycles. The molecule has 1 aromatic carbocycles. The van der Waals surface area contributed by atoms with E-state index in [4.69, 9.17) is 4.74 Å². The molecule has 0 unspecified atom stereocenters. The zero-order chi connectivity index (χ0) is 14.4. The van der Waals surface area contributed by atoms with E-state index in [0.29, 0.717) is 11.3 Å². The number of methoxy groups -OCH3 is 1. The van der Waals surface area contributed by atoms with Crippen molar-refractivity contribution in [2.75, 3.05) is 7.11 Å². The SMILES string of the molecule is COc1ccc(-c2csc3nc(C4CC4)[nH]c(=O)c23)cc1. The lowest BCUT2D eigenvalue weighted by molar-refractivity contribution is 0.415. The lowest BCUT2D eigenvalue weighted by Crippen LogP contribution is -2.10. The van der Waals surface area contributed by atoms with Gasteiger partial charge in [0, 0.05) is 16.9 Å². The van der Waals surface area contributed by atoms with Crippen molar-refractivity contribution in [2.45, 2.75) is 18.8 Å². The van der Waals surface area contributed by atoms with Gasteiger partial charge in [0.25, 0.3) is 5.56 Å². The Morgan fingerprint density at radius 2 is 2.05 bits per heavy atom. The van der Waals surface area contributed by atoms with Crippen molar-refractivity contribution in [3.63, 3.8) is 0 Å². The highest BCUT2D eigenvalue weighted by Gasteiger charge is 2.27. The second kappa shape index (κ2) is 4.70. The first kappa shape index (κ1) is 12.6. The molecule has 4 nitrogen and oxygen atoms in total. The van der Waals surface area contributed by atoms with E-state index < -0.39 is 0 Å². The summed E-state index contributed by atoms with van der Waals surface area (Å²) >= 11 is 1.53. The average Bonchev–Trinajstić information content (AvgIpc) is 3.27. The number of benzene rings is 1. The van der Waals surface area contributed by atoms with Gasteiger partial charge in [-0.3, -0.25) is 4.79 Å². The maximum atomic E-state index is 12.4. The highest BCUT2D eigenvalue weighted by molar-refractivity contribution is 7.17. The number of hydrogen-bond acceptors (Lipinski definition) is 4. The summed E-state index contributed by atoms with van der Waals surface area (Å²) in [6.07, 6.45) is 2.26. The van der Waals surface area contributed by atoms with Crippen molar-refractivity contribution in [3.8, 4) is 16.9 Å². The molecule has 1 aliphatic rings. The summed E-state index contributed by atoms with van der Waals surface area (Å²) < 4.78 is 5.17. The summed E-state index contributed by atoms with van der Waals surface area (Å²) in [7, 11) is 1.64. The third-order valence-corrected chi connectivity index (χ3v) is 4.70. The molecular weight excluding hydrogens is 284 g/mol. The molecule has 0 saturated heterocycles. The molecule has 0 radical (unpaired) electrons. The molecule has 5 heteroatoms. The molecule has 1 fully saturated rings. The third kappa shape index (κ3) is 2.14. The number of aromatic amines is 1. The minimum absolute atomic E-state index is 0.0334. The van der Waals surface area contributed by atoms with Crippen molar-refractivity contribution < 1.29 is 4.74 Å². The van der Waals surface area contributed by atoms with E-state index >= 15 is 0 Å². The van der Waals surface area contributed by atoms with E-state index in [0.717, 1.165) is 40.4 Å². The maximum absolute atomic E-state index is 12.4. The van der Waals surface area contributed by atoms with Crippen molar-refractivity contribution in [1.29, 1.82) is 0 Å². The quantitative estimate of drug-likeness (QED) is 0.804. The standard InChI is InChI=1S/C16H14N2O2S/c1-20-11-6-4-9(5-7-11)12-8-21-16-13(12)15(19)17-14(18-16)10-2-3-10/h4-8,10H,2-3H2,1H3,(H,17,18,19). The summed E-state index contributed by atoms with van der Waals surface area (Å²) in [6, 6.07) is 7.74. The predicted octanol–water partition coefficient (Wildman–Crippen LogP) is 3.54. The fourth-order valence-corrected chi connectivity index (χ4v) is 3.45. The van der Waals surface area contributed by atoms with E-state index in [1.54, 1.807) is 7.11 Å². The molecule has 1 aliphatic carbocycles. The Labute approximate surface area is 125 Å². The molecule has 106 valence electrons. The summed E-state index contributed by atoms with van der Waals surface area (Å²) in [5, 5.41) is 2.69. The van der Waals surface area contributed by atoms with Crippen LogP contribution in [0.15, 0.2) is 34.4 Å². The van der Waals surface area contributed by atoms with Gasteiger partial charge in [-0.15, -0.1) is 11.3 Å². The number of thiophene rings is 1. The number of H-pyrrole nitrogens is 1. The first-order chi connectivity index (χ1) is 10.3. The van der Waals surface area contributed by atoms with Gasteiger partial charge in [-0.05, 0) is 30.5 Å². The van der Waals surface area contributed by atoms with Crippen molar-refractivity contribution in [2.24, 2.45) is 0 Å². The topological polar surface area (TPSA) is 55.0 Å². The van der Waals surface area contributed by atoms with Gasteiger partial charge >= 0.3 is 0 Å². The second-order valence-corrected chi connectivity index (χ2v) is 6.14. The molecule has 2 aromatic heterocycles. The molecule has 0 aliphatic heterocycles. The van der Waals surface area contributed by atoms with Gasteiger partial charge in [-0.25, -0.2) is 4.98 Å². The minimum Gasteiger partial charge on any atom is -0.497 e.